The van der Waals surface area contributed by atoms with Crippen LogP contribution in [0, 0.1) is 0 Å². The lowest BCUT2D eigenvalue weighted by Gasteiger charge is -2.22. The van der Waals surface area contributed by atoms with E-state index in [1.165, 1.54) is 11.1 Å². The van der Waals surface area contributed by atoms with Crippen molar-refractivity contribution in [3.05, 3.63) is 48.8 Å². The maximum absolute atomic E-state index is 4.59. The summed E-state index contributed by atoms with van der Waals surface area (Å²) >= 11 is 0. The highest BCUT2D eigenvalue weighted by Crippen LogP contribution is 2.23. The number of hydrogen-bond acceptors (Lipinski definition) is 3. The first-order chi connectivity index (χ1) is 12.0. The maximum Gasteiger partial charge on any atom is 0.197 e. The highest BCUT2D eigenvalue weighted by atomic mass is 15.3. The number of aromatic nitrogens is 6. The first kappa shape index (κ1) is 15.7. The van der Waals surface area contributed by atoms with Gasteiger partial charge >= 0.3 is 0 Å². The molecule has 0 amide bonds. The Morgan fingerprint density at radius 1 is 1.24 bits per heavy atom. The molecule has 6 heteroatoms. The van der Waals surface area contributed by atoms with E-state index in [0.29, 0.717) is 5.92 Å². The first-order valence-electron chi connectivity index (χ1n) is 8.61. The molecule has 0 aliphatic heterocycles. The van der Waals surface area contributed by atoms with Crippen LogP contribution in [0.5, 0.6) is 0 Å². The van der Waals surface area contributed by atoms with E-state index in [2.05, 4.69) is 75.7 Å². The number of rotatable bonds is 4. The molecule has 0 spiro atoms. The molecule has 0 aliphatic carbocycles. The average Bonchev–Trinajstić information content (AvgIpc) is 3.18. The Morgan fingerprint density at radius 3 is 2.88 bits per heavy atom. The minimum atomic E-state index is -0.194. The van der Waals surface area contributed by atoms with Gasteiger partial charge in [0.1, 0.15) is 5.54 Å². The molecule has 6 nitrogen and oxygen atoms in total. The van der Waals surface area contributed by atoms with Crippen molar-refractivity contribution < 1.29 is 4.57 Å². The highest BCUT2D eigenvalue weighted by Gasteiger charge is 2.28. The summed E-state index contributed by atoms with van der Waals surface area (Å²) in [4.78, 5) is 4.24. The third-order valence-corrected chi connectivity index (χ3v) is 4.68. The molecule has 0 aliphatic rings. The van der Waals surface area contributed by atoms with Gasteiger partial charge < -0.3 is 0 Å². The van der Waals surface area contributed by atoms with Crippen LogP contribution in [0.3, 0.4) is 0 Å². The van der Waals surface area contributed by atoms with Crippen LogP contribution in [0.2, 0.25) is 0 Å². The minimum absolute atomic E-state index is 0.194. The summed E-state index contributed by atoms with van der Waals surface area (Å²) in [7, 11) is 0. The Labute approximate surface area is 146 Å². The van der Waals surface area contributed by atoms with Crippen LogP contribution in [0.15, 0.2) is 43.1 Å². The molecule has 4 heterocycles. The Kier molecular flexibility index (Phi) is 3.56. The summed E-state index contributed by atoms with van der Waals surface area (Å²) < 4.78 is 4.23. The van der Waals surface area contributed by atoms with E-state index in [0.717, 1.165) is 23.0 Å². The summed E-state index contributed by atoms with van der Waals surface area (Å²) in [6, 6.07) is 4.14. The summed E-state index contributed by atoms with van der Waals surface area (Å²) in [5, 5.41) is 14.5. The fourth-order valence-corrected chi connectivity index (χ4v) is 3.42. The summed E-state index contributed by atoms with van der Waals surface area (Å²) in [5.74, 6) is 0.431. The van der Waals surface area contributed by atoms with Crippen LogP contribution < -0.4 is 4.57 Å². The predicted molar refractivity (Wildman–Crippen MR) is 97.2 cm³/mol. The SMILES string of the molecule is CC(C)c1[nH]nc2c[n+](CC(C)(C)n3ncc4ccncc43)ccc12. The van der Waals surface area contributed by atoms with E-state index >= 15 is 0 Å². The number of aromatic amines is 1. The lowest BCUT2D eigenvalue weighted by molar-refractivity contribution is -0.705. The van der Waals surface area contributed by atoms with Crippen molar-refractivity contribution >= 4 is 21.8 Å². The molecule has 4 aromatic rings. The highest BCUT2D eigenvalue weighted by molar-refractivity contribution is 5.80. The van der Waals surface area contributed by atoms with Crippen molar-refractivity contribution in [3.63, 3.8) is 0 Å². The number of nitrogens with zero attached hydrogens (tertiary/aromatic N) is 5. The summed E-state index contributed by atoms with van der Waals surface area (Å²) in [6.07, 6.45) is 9.79. The molecule has 1 N–H and O–H groups in total. The Morgan fingerprint density at radius 2 is 2.08 bits per heavy atom. The van der Waals surface area contributed by atoms with Gasteiger partial charge in [0.2, 0.25) is 0 Å². The van der Waals surface area contributed by atoms with Crippen molar-refractivity contribution in [1.82, 2.24) is 25.0 Å². The largest absolute Gasteiger partial charge is 0.281 e. The molecular weight excluding hydrogens is 312 g/mol. The lowest BCUT2D eigenvalue weighted by Crippen LogP contribution is -2.46. The zero-order valence-electron chi connectivity index (χ0n) is 15.1. The van der Waals surface area contributed by atoms with Crippen molar-refractivity contribution in [2.75, 3.05) is 0 Å². The van der Waals surface area contributed by atoms with E-state index in [1.54, 1.807) is 6.20 Å². The maximum atomic E-state index is 4.59. The van der Waals surface area contributed by atoms with Crippen LogP contribution in [0.25, 0.3) is 21.8 Å². The molecule has 0 saturated carbocycles. The Bertz CT molecular complexity index is 1040. The molecule has 0 fully saturated rings. The number of hydrogen-bond donors (Lipinski definition) is 1. The van der Waals surface area contributed by atoms with Gasteiger partial charge in [0, 0.05) is 28.7 Å². The van der Waals surface area contributed by atoms with Crippen LogP contribution in [-0.4, -0.2) is 25.0 Å². The zero-order valence-corrected chi connectivity index (χ0v) is 15.1. The second-order valence-corrected chi connectivity index (χ2v) is 7.51. The fourth-order valence-electron chi connectivity index (χ4n) is 3.42. The zero-order chi connectivity index (χ0) is 17.6. The van der Waals surface area contributed by atoms with Crippen LogP contribution in [-0.2, 0) is 12.1 Å². The second-order valence-electron chi connectivity index (χ2n) is 7.51. The normalized spacial score (nSPS) is 12.5. The quantitative estimate of drug-likeness (QED) is 0.583. The van der Waals surface area contributed by atoms with E-state index < -0.39 is 0 Å². The Balaban J connectivity index is 1.70. The molecule has 128 valence electrons. The van der Waals surface area contributed by atoms with E-state index in [4.69, 9.17) is 0 Å². The monoisotopic (exact) mass is 335 g/mol. The second kappa shape index (κ2) is 5.65. The van der Waals surface area contributed by atoms with E-state index in [1.807, 2.05) is 18.5 Å². The summed E-state index contributed by atoms with van der Waals surface area (Å²) in [6.45, 7) is 9.52. The molecule has 0 bridgehead atoms. The van der Waals surface area contributed by atoms with Crippen molar-refractivity contribution in [2.45, 2.75) is 45.7 Å². The van der Waals surface area contributed by atoms with Gasteiger partial charge in [-0.3, -0.25) is 14.8 Å². The van der Waals surface area contributed by atoms with Gasteiger partial charge in [-0.15, -0.1) is 0 Å². The van der Waals surface area contributed by atoms with Gasteiger partial charge in [-0.05, 0) is 25.8 Å². The third-order valence-electron chi connectivity index (χ3n) is 4.68. The average molecular weight is 335 g/mol. The number of pyridine rings is 2. The molecule has 0 unspecified atom stereocenters. The van der Waals surface area contributed by atoms with E-state index in [9.17, 15) is 0 Å². The summed E-state index contributed by atoms with van der Waals surface area (Å²) in [5.41, 5.74) is 3.04. The minimum Gasteiger partial charge on any atom is -0.281 e. The molecular formula is C19H23N6+. The number of nitrogens with one attached hydrogen (secondary N) is 1. The Hall–Kier alpha value is -2.76. The molecule has 25 heavy (non-hydrogen) atoms. The van der Waals surface area contributed by atoms with Gasteiger partial charge in [-0.25, -0.2) is 4.57 Å². The smallest absolute Gasteiger partial charge is 0.197 e. The van der Waals surface area contributed by atoms with Gasteiger partial charge in [0.05, 0.1) is 17.9 Å². The lowest BCUT2D eigenvalue weighted by atomic mass is 10.0. The van der Waals surface area contributed by atoms with Gasteiger partial charge in [-0.1, -0.05) is 13.8 Å². The standard InChI is InChI=1S/C19H22N6/c1-13(2)18-15-6-8-24(11-16(15)22-23-18)12-19(3,4)25-17-10-20-7-5-14(17)9-21-25/h5-11,13H,12H2,1-4H3/p+1. The van der Waals surface area contributed by atoms with Crippen LogP contribution in [0.1, 0.15) is 39.3 Å². The van der Waals surface area contributed by atoms with E-state index in [-0.39, 0.29) is 5.54 Å². The molecule has 4 rings (SSSR count). The topological polar surface area (TPSA) is 63.3 Å². The molecule has 0 radical (unpaired) electrons. The third kappa shape index (κ3) is 2.67. The molecule has 0 saturated heterocycles. The molecule has 0 atom stereocenters. The first-order valence-corrected chi connectivity index (χ1v) is 8.61. The molecule has 4 aromatic heterocycles. The number of fused-ring (bicyclic) bond motifs is 2. The predicted octanol–water partition coefficient (Wildman–Crippen LogP) is 3.15. The number of H-pyrrole nitrogens is 1. The van der Waals surface area contributed by atoms with Crippen molar-refractivity contribution in [2.24, 2.45) is 0 Å². The fraction of sp³-hybridized carbons (Fsp3) is 0.368. The van der Waals surface area contributed by atoms with Crippen molar-refractivity contribution in [3.8, 4) is 0 Å². The van der Waals surface area contributed by atoms with Crippen molar-refractivity contribution in [1.29, 1.82) is 0 Å². The van der Waals surface area contributed by atoms with Gasteiger partial charge in [0.25, 0.3) is 0 Å². The van der Waals surface area contributed by atoms with Crippen LogP contribution >= 0.6 is 0 Å². The van der Waals surface area contributed by atoms with Gasteiger partial charge in [-0.2, -0.15) is 10.2 Å². The molecule has 0 aromatic carbocycles. The van der Waals surface area contributed by atoms with Gasteiger partial charge in [0.15, 0.2) is 24.5 Å². The van der Waals surface area contributed by atoms with Crippen LogP contribution in [0.4, 0.5) is 0 Å².